The van der Waals surface area contributed by atoms with Crippen molar-refractivity contribution in [2.75, 3.05) is 13.1 Å². The van der Waals surface area contributed by atoms with Gasteiger partial charge in [-0.25, -0.2) is 0 Å². The van der Waals surface area contributed by atoms with Gasteiger partial charge in [-0.2, -0.15) is 0 Å². The van der Waals surface area contributed by atoms with Crippen LogP contribution in [0.15, 0.2) is 24.3 Å². The van der Waals surface area contributed by atoms with Crippen LogP contribution >= 0.6 is 0 Å². The topological polar surface area (TPSA) is 49.8 Å². The van der Waals surface area contributed by atoms with E-state index in [1.807, 2.05) is 18.2 Å². The molecule has 0 bridgehead atoms. The molecule has 0 saturated carbocycles. The molecule has 1 aromatic rings. The molecule has 1 aromatic carbocycles. The summed E-state index contributed by atoms with van der Waals surface area (Å²) >= 11 is 0. The lowest BCUT2D eigenvalue weighted by Crippen LogP contribution is -2.54. The number of hydrogen-bond donors (Lipinski definition) is 1. The molecule has 1 atom stereocenters. The minimum atomic E-state index is -0.684. The first-order valence-electron chi connectivity index (χ1n) is 6.71. The molecule has 1 N–H and O–H groups in total. The van der Waals surface area contributed by atoms with Gasteiger partial charge < -0.3 is 9.84 Å². The smallest absolute Gasteiger partial charge is 0.309 e. The van der Waals surface area contributed by atoms with Crippen LogP contribution in [0.3, 0.4) is 0 Å². The van der Waals surface area contributed by atoms with Crippen molar-refractivity contribution >= 4 is 5.97 Å². The van der Waals surface area contributed by atoms with Crippen molar-refractivity contribution in [1.29, 1.82) is 0 Å². The maximum atomic E-state index is 10.9. The lowest BCUT2D eigenvalue weighted by Gasteiger charge is -2.48. The molecule has 0 aromatic heterocycles. The SMILES string of the molecule is CC1(C)CC(N2CC(C(=O)O)C2)c2ccccc2O1. The molecule has 0 amide bonds. The first kappa shape index (κ1) is 12.5. The maximum absolute atomic E-state index is 10.9. The molecule has 2 aliphatic heterocycles. The number of rotatable bonds is 2. The van der Waals surface area contributed by atoms with Crippen molar-refractivity contribution in [3.05, 3.63) is 29.8 Å². The number of carbonyl (C=O) groups is 1. The molecule has 19 heavy (non-hydrogen) atoms. The van der Waals surface area contributed by atoms with Crippen molar-refractivity contribution < 1.29 is 14.6 Å². The first-order chi connectivity index (χ1) is 8.96. The highest BCUT2D eigenvalue weighted by atomic mass is 16.5. The van der Waals surface area contributed by atoms with Gasteiger partial charge in [-0.1, -0.05) is 18.2 Å². The average Bonchev–Trinajstić information content (AvgIpc) is 2.24. The van der Waals surface area contributed by atoms with Gasteiger partial charge in [0, 0.05) is 31.1 Å². The Morgan fingerprint density at radius 1 is 1.37 bits per heavy atom. The van der Waals surface area contributed by atoms with Crippen LogP contribution in [0.1, 0.15) is 31.9 Å². The van der Waals surface area contributed by atoms with E-state index in [9.17, 15) is 4.79 Å². The maximum Gasteiger partial charge on any atom is 0.309 e. The quantitative estimate of drug-likeness (QED) is 0.887. The van der Waals surface area contributed by atoms with Crippen molar-refractivity contribution in [2.24, 2.45) is 5.92 Å². The van der Waals surface area contributed by atoms with Gasteiger partial charge in [-0.05, 0) is 19.9 Å². The molecule has 0 spiro atoms. The second-order valence-electron chi connectivity index (χ2n) is 6.11. The van der Waals surface area contributed by atoms with Gasteiger partial charge in [0.1, 0.15) is 11.4 Å². The van der Waals surface area contributed by atoms with Crippen LogP contribution in [0.2, 0.25) is 0 Å². The van der Waals surface area contributed by atoms with Crippen LogP contribution in [0, 0.1) is 5.92 Å². The number of nitrogens with zero attached hydrogens (tertiary/aromatic N) is 1. The van der Waals surface area contributed by atoms with Crippen molar-refractivity contribution in [1.82, 2.24) is 4.90 Å². The second kappa shape index (κ2) is 4.23. The number of para-hydroxylation sites is 1. The largest absolute Gasteiger partial charge is 0.487 e. The molecule has 1 fully saturated rings. The molecule has 2 heterocycles. The monoisotopic (exact) mass is 261 g/mol. The normalized spacial score (nSPS) is 26.1. The molecule has 1 unspecified atom stereocenters. The number of benzene rings is 1. The van der Waals surface area contributed by atoms with Crippen molar-refractivity contribution in [3.63, 3.8) is 0 Å². The van der Waals surface area contributed by atoms with Crippen LogP contribution in [0.25, 0.3) is 0 Å². The fourth-order valence-electron chi connectivity index (χ4n) is 3.01. The molecule has 2 aliphatic rings. The zero-order chi connectivity index (χ0) is 13.6. The number of fused-ring (bicyclic) bond motifs is 1. The molecule has 0 aliphatic carbocycles. The highest BCUT2D eigenvalue weighted by Crippen LogP contribution is 2.44. The Balaban J connectivity index is 1.84. The summed E-state index contributed by atoms with van der Waals surface area (Å²) in [5, 5.41) is 9.00. The van der Waals surface area contributed by atoms with Crippen LogP contribution < -0.4 is 4.74 Å². The summed E-state index contributed by atoms with van der Waals surface area (Å²) in [4.78, 5) is 13.2. The lowest BCUT2D eigenvalue weighted by atomic mass is 9.85. The number of aliphatic carboxylic acids is 1. The minimum Gasteiger partial charge on any atom is -0.487 e. The Hall–Kier alpha value is -1.55. The Bertz CT molecular complexity index is 506. The fourth-order valence-corrected chi connectivity index (χ4v) is 3.01. The number of hydrogen-bond acceptors (Lipinski definition) is 3. The standard InChI is InChI=1S/C15H19NO3/c1-15(2)7-12(16-8-10(9-16)14(17)18)11-5-3-4-6-13(11)19-15/h3-6,10,12H,7-9H2,1-2H3,(H,17,18). The highest BCUT2D eigenvalue weighted by Gasteiger charge is 2.43. The summed E-state index contributed by atoms with van der Waals surface area (Å²) in [6.07, 6.45) is 0.899. The summed E-state index contributed by atoms with van der Waals surface area (Å²) in [6, 6.07) is 8.35. The Kier molecular flexibility index (Phi) is 2.78. The third kappa shape index (κ3) is 2.21. The number of carboxylic acid groups (broad SMARTS) is 1. The number of likely N-dealkylation sites (tertiary alicyclic amines) is 1. The van der Waals surface area contributed by atoms with Crippen LogP contribution in [0.4, 0.5) is 0 Å². The summed E-state index contributed by atoms with van der Waals surface area (Å²) in [7, 11) is 0. The van der Waals surface area contributed by atoms with E-state index in [1.165, 1.54) is 5.56 Å². The van der Waals surface area contributed by atoms with Gasteiger partial charge in [0.2, 0.25) is 0 Å². The van der Waals surface area contributed by atoms with E-state index < -0.39 is 5.97 Å². The zero-order valence-corrected chi connectivity index (χ0v) is 11.3. The molecule has 102 valence electrons. The molecule has 1 saturated heterocycles. The van der Waals surface area contributed by atoms with Crippen LogP contribution in [0.5, 0.6) is 5.75 Å². The van der Waals surface area contributed by atoms with Gasteiger partial charge >= 0.3 is 5.97 Å². The third-order valence-electron chi connectivity index (χ3n) is 4.05. The number of ether oxygens (including phenoxy) is 1. The van der Waals surface area contributed by atoms with Gasteiger partial charge in [0.05, 0.1) is 5.92 Å². The summed E-state index contributed by atoms with van der Waals surface area (Å²) in [6.45, 7) is 5.46. The van der Waals surface area contributed by atoms with Gasteiger partial charge in [0.25, 0.3) is 0 Å². The zero-order valence-electron chi connectivity index (χ0n) is 11.3. The van der Waals surface area contributed by atoms with E-state index in [0.29, 0.717) is 13.1 Å². The minimum absolute atomic E-state index is 0.201. The summed E-state index contributed by atoms with van der Waals surface area (Å²) in [5.41, 5.74) is 0.985. The average molecular weight is 261 g/mol. The molecule has 4 heteroatoms. The van der Waals surface area contributed by atoms with Crippen LogP contribution in [-0.4, -0.2) is 34.7 Å². The van der Waals surface area contributed by atoms with Crippen molar-refractivity contribution in [3.8, 4) is 5.75 Å². The summed E-state index contributed by atoms with van der Waals surface area (Å²) in [5.74, 6) is 0.0384. The van der Waals surface area contributed by atoms with E-state index in [-0.39, 0.29) is 17.6 Å². The third-order valence-corrected chi connectivity index (χ3v) is 4.05. The molecular weight excluding hydrogens is 242 g/mol. The predicted molar refractivity (Wildman–Crippen MR) is 71.2 cm³/mol. The first-order valence-corrected chi connectivity index (χ1v) is 6.71. The van der Waals surface area contributed by atoms with E-state index >= 15 is 0 Å². The van der Waals surface area contributed by atoms with Crippen molar-refractivity contribution in [2.45, 2.75) is 31.9 Å². The molecule has 0 radical (unpaired) electrons. The van der Waals surface area contributed by atoms with E-state index in [4.69, 9.17) is 9.84 Å². The predicted octanol–water partition coefficient (Wildman–Crippen LogP) is 2.31. The molecule has 3 rings (SSSR count). The molecular formula is C15H19NO3. The fraction of sp³-hybridized carbons (Fsp3) is 0.533. The van der Waals surface area contributed by atoms with Gasteiger partial charge in [0.15, 0.2) is 0 Å². The van der Waals surface area contributed by atoms with E-state index in [0.717, 1.165) is 12.2 Å². The Morgan fingerprint density at radius 2 is 2.05 bits per heavy atom. The second-order valence-corrected chi connectivity index (χ2v) is 6.11. The highest BCUT2D eigenvalue weighted by molar-refractivity contribution is 5.71. The van der Waals surface area contributed by atoms with E-state index in [1.54, 1.807) is 0 Å². The lowest BCUT2D eigenvalue weighted by molar-refractivity contribution is -0.149. The van der Waals surface area contributed by atoms with Gasteiger partial charge in [-0.3, -0.25) is 9.69 Å². The number of carboxylic acids is 1. The molecule has 4 nitrogen and oxygen atoms in total. The van der Waals surface area contributed by atoms with Gasteiger partial charge in [-0.15, -0.1) is 0 Å². The van der Waals surface area contributed by atoms with E-state index in [2.05, 4.69) is 24.8 Å². The van der Waals surface area contributed by atoms with Crippen LogP contribution in [-0.2, 0) is 4.79 Å². The summed E-state index contributed by atoms with van der Waals surface area (Å²) < 4.78 is 6.00. The Labute approximate surface area is 113 Å². The Morgan fingerprint density at radius 3 is 2.74 bits per heavy atom.